The quantitative estimate of drug-likeness (QED) is 0.816. The number of benzene rings is 1. The number of alkyl halides is 3. The molecule has 0 saturated carbocycles. The van der Waals surface area contributed by atoms with Crippen molar-refractivity contribution in [3.8, 4) is 5.75 Å². The van der Waals surface area contributed by atoms with E-state index >= 15 is 0 Å². The summed E-state index contributed by atoms with van der Waals surface area (Å²) in [6, 6.07) is 5.03. The van der Waals surface area contributed by atoms with Crippen molar-refractivity contribution >= 4 is 5.91 Å². The van der Waals surface area contributed by atoms with Crippen molar-refractivity contribution in [2.45, 2.75) is 32.0 Å². The van der Waals surface area contributed by atoms with Crippen LogP contribution >= 0.6 is 0 Å². The van der Waals surface area contributed by atoms with Crippen molar-refractivity contribution < 1.29 is 22.7 Å². The molecule has 2 N–H and O–H groups in total. The second-order valence-corrected chi connectivity index (χ2v) is 5.74. The maximum Gasteiger partial charge on any atom is 0.416 e. The zero-order chi connectivity index (χ0) is 16.9. The van der Waals surface area contributed by atoms with Crippen LogP contribution in [0.2, 0.25) is 0 Å². The first-order valence-corrected chi connectivity index (χ1v) is 7.67. The highest BCUT2D eigenvalue weighted by Gasteiger charge is 2.30. The fraction of sp³-hybridized carbons (Fsp3) is 0.562. The van der Waals surface area contributed by atoms with Crippen LogP contribution in [0.25, 0.3) is 0 Å². The summed E-state index contributed by atoms with van der Waals surface area (Å²) < 4.78 is 43.0. The van der Waals surface area contributed by atoms with Crippen LogP contribution in [-0.2, 0) is 11.0 Å². The van der Waals surface area contributed by atoms with Crippen molar-refractivity contribution in [3.63, 3.8) is 0 Å². The lowest BCUT2D eigenvalue weighted by molar-refractivity contribution is -0.137. The molecule has 1 aromatic rings. The van der Waals surface area contributed by atoms with Gasteiger partial charge in [0.15, 0.2) is 0 Å². The summed E-state index contributed by atoms with van der Waals surface area (Å²) >= 11 is 0. The predicted octanol–water partition coefficient (Wildman–Crippen LogP) is 2.59. The molecule has 1 aliphatic heterocycles. The second kappa shape index (κ2) is 7.68. The van der Waals surface area contributed by atoms with Crippen molar-refractivity contribution in [2.75, 3.05) is 19.7 Å². The summed E-state index contributed by atoms with van der Waals surface area (Å²) in [4.78, 5) is 12.0. The van der Waals surface area contributed by atoms with Gasteiger partial charge in [0.25, 0.3) is 0 Å². The number of halogens is 3. The molecular formula is C16H21F3N2O2. The Labute approximate surface area is 133 Å². The molecule has 1 aliphatic rings. The number of carbonyl (C=O) groups is 1. The second-order valence-electron chi connectivity index (χ2n) is 5.74. The minimum absolute atomic E-state index is 0.0141. The molecule has 1 heterocycles. The van der Waals surface area contributed by atoms with Crippen molar-refractivity contribution in [1.29, 1.82) is 0 Å². The third-order valence-electron chi connectivity index (χ3n) is 3.83. The SMILES string of the molecule is C[C@H]1C[C@@H](C(=O)NCCOc2cccc(C(F)(F)F)c2)CCN1. The van der Waals surface area contributed by atoms with Crippen LogP contribution in [-0.4, -0.2) is 31.6 Å². The predicted molar refractivity (Wildman–Crippen MR) is 80.1 cm³/mol. The third-order valence-corrected chi connectivity index (χ3v) is 3.83. The molecule has 2 rings (SSSR count). The number of piperidine rings is 1. The molecule has 128 valence electrons. The van der Waals surface area contributed by atoms with Gasteiger partial charge >= 0.3 is 6.18 Å². The Morgan fingerprint density at radius 2 is 2.22 bits per heavy atom. The Bertz CT molecular complexity index is 534. The third kappa shape index (κ3) is 5.42. The smallest absolute Gasteiger partial charge is 0.416 e. The van der Waals surface area contributed by atoms with E-state index in [0.29, 0.717) is 6.04 Å². The maximum absolute atomic E-state index is 12.6. The Kier molecular flexibility index (Phi) is 5.87. The number of hydrogen-bond donors (Lipinski definition) is 2. The van der Waals surface area contributed by atoms with Gasteiger partial charge < -0.3 is 15.4 Å². The summed E-state index contributed by atoms with van der Waals surface area (Å²) in [5.41, 5.74) is -0.747. The summed E-state index contributed by atoms with van der Waals surface area (Å²) in [5.74, 6) is 0.107. The van der Waals surface area contributed by atoms with Crippen LogP contribution in [0.15, 0.2) is 24.3 Å². The van der Waals surface area contributed by atoms with E-state index in [4.69, 9.17) is 4.74 Å². The van der Waals surface area contributed by atoms with Gasteiger partial charge in [0, 0.05) is 12.0 Å². The number of amides is 1. The monoisotopic (exact) mass is 330 g/mol. The van der Waals surface area contributed by atoms with Crippen LogP contribution in [0.4, 0.5) is 13.2 Å². The topological polar surface area (TPSA) is 50.4 Å². The molecule has 0 radical (unpaired) electrons. The van der Waals surface area contributed by atoms with Gasteiger partial charge in [0.05, 0.1) is 12.1 Å². The molecule has 4 nitrogen and oxygen atoms in total. The van der Waals surface area contributed by atoms with Crippen molar-refractivity contribution in [1.82, 2.24) is 10.6 Å². The Balaban J connectivity index is 1.74. The number of ether oxygens (including phenoxy) is 1. The molecule has 0 bridgehead atoms. The zero-order valence-electron chi connectivity index (χ0n) is 13.0. The van der Waals surface area contributed by atoms with E-state index in [1.165, 1.54) is 12.1 Å². The van der Waals surface area contributed by atoms with E-state index in [-0.39, 0.29) is 30.7 Å². The lowest BCUT2D eigenvalue weighted by Crippen LogP contribution is -2.43. The normalized spacial score (nSPS) is 21.7. The summed E-state index contributed by atoms with van der Waals surface area (Å²) in [5, 5.41) is 6.05. The number of rotatable bonds is 5. The average molecular weight is 330 g/mol. The van der Waals surface area contributed by atoms with E-state index in [1.54, 1.807) is 0 Å². The first-order chi connectivity index (χ1) is 10.9. The van der Waals surface area contributed by atoms with Crippen molar-refractivity contribution in [3.05, 3.63) is 29.8 Å². The number of nitrogens with one attached hydrogen (secondary N) is 2. The minimum Gasteiger partial charge on any atom is -0.492 e. The van der Waals surface area contributed by atoms with Gasteiger partial charge in [0.2, 0.25) is 5.91 Å². The highest BCUT2D eigenvalue weighted by atomic mass is 19.4. The molecule has 0 aromatic heterocycles. The fourth-order valence-electron chi connectivity index (χ4n) is 2.62. The molecule has 1 saturated heterocycles. The lowest BCUT2D eigenvalue weighted by atomic mass is 9.92. The van der Waals surface area contributed by atoms with Gasteiger partial charge in [-0.1, -0.05) is 6.07 Å². The first-order valence-electron chi connectivity index (χ1n) is 7.67. The maximum atomic E-state index is 12.6. The van der Waals surface area contributed by atoms with Gasteiger partial charge in [-0.3, -0.25) is 4.79 Å². The molecule has 1 fully saturated rings. The zero-order valence-corrected chi connectivity index (χ0v) is 13.0. The number of hydrogen-bond acceptors (Lipinski definition) is 3. The highest BCUT2D eigenvalue weighted by Crippen LogP contribution is 2.31. The van der Waals surface area contributed by atoms with E-state index in [9.17, 15) is 18.0 Å². The van der Waals surface area contributed by atoms with Crippen LogP contribution in [0, 0.1) is 5.92 Å². The van der Waals surface area contributed by atoms with Gasteiger partial charge in [-0.05, 0) is 44.5 Å². The first kappa shape index (κ1) is 17.6. The minimum atomic E-state index is -4.39. The summed E-state index contributed by atoms with van der Waals surface area (Å²) in [7, 11) is 0. The Hall–Kier alpha value is -1.76. The Morgan fingerprint density at radius 1 is 1.43 bits per heavy atom. The Morgan fingerprint density at radius 3 is 2.91 bits per heavy atom. The summed E-state index contributed by atoms with van der Waals surface area (Å²) in [6.07, 6.45) is -2.80. The van der Waals surface area contributed by atoms with Gasteiger partial charge in [-0.25, -0.2) is 0 Å². The van der Waals surface area contributed by atoms with Gasteiger partial charge in [0.1, 0.15) is 12.4 Å². The molecule has 0 aliphatic carbocycles. The fourth-order valence-corrected chi connectivity index (χ4v) is 2.62. The van der Waals surface area contributed by atoms with Gasteiger partial charge in [-0.15, -0.1) is 0 Å². The van der Waals surface area contributed by atoms with E-state index in [0.717, 1.165) is 31.5 Å². The average Bonchev–Trinajstić information content (AvgIpc) is 2.51. The molecule has 0 unspecified atom stereocenters. The highest BCUT2D eigenvalue weighted by molar-refractivity contribution is 5.78. The van der Waals surface area contributed by atoms with Crippen molar-refractivity contribution in [2.24, 2.45) is 5.92 Å². The standard InChI is InChI=1S/C16H21F3N2O2/c1-11-9-12(5-6-20-11)15(22)21-7-8-23-14-4-2-3-13(10-14)16(17,18)19/h2-4,10-12,20H,5-9H2,1H3,(H,21,22)/t11-,12-/m0/s1. The molecule has 7 heteroatoms. The van der Waals surface area contributed by atoms with Crippen LogP contribution in [0.5, 0.6) is 5.75 Å². The largest absolute Gasteiger partial charge is 0.492 e. The number of carbonyl (C=O) groups excluding carboxylic acids is 1. The summed E-state index contributed by atoms with van der Waals surface area (Å²) in [6.45, 7) is 3.26. The lowest BCUT2D eigenvalue weighted by Gasteiger charge is -2.27. The van der Waals surface area contributed by atoms with E-state index < -0.39 is 11.7 Å². The molecule has 0 spiro atoms. The van der Waals surface area contributed by atoms with Crippen LogP contribution in [0.3, 0.4) is 0 Å². The molecule has 1 amide bonds. The van der Waals surface area contributed by atoms with Crippen LogP contribution in [0.1, 0.15) is 25.3 Å². The van der Waals surface area contributed by atoms with E-state index in [1.807, 2.05) is 6.92 Å². The molecule has 1 aromatic carbocycles. The van der Waals surface area contributed by atoms with Crippen LogP contribution < -0.4 is 15.4 Å². The van der Waals surface area contributed by atoms with E-state index in [2.05, 4.69) is 10.6 Å². The van der Waals surface area contributed by atoms with Gasteiger partial charge in [-0.2, -0.15) is 13.2 Å². The molecule has 23 heavy (non-hydrogen) atoms. The molecule has 2 atom stereocenters. The molecular weight excluding hydrogens is 309 g/mol.